The maximum absolute atomic E-state index is 13.3. The quantitative estimate of drug-likeness (QED) is 0.780. The molecule has 0 radical (unpaired) electrons. The molecule has 0 bridgehead atoms. The predicted octanol–water partition coefficient (Wildman–Crippen LogP) is 3.06. The Balaban J connectivity index is 3.06. The third kappa shape index (κ3) is 2.92. The van der Waals surface area contributed by atoms with Crippen LogP contribution in [0.5, 0.6) is 0 Å². The summed E-state index contributed by atoms with van der Waals surface area (Å²) in [4.78, 5) is 0. The first-order valence-corrected chi connectivity index (χ1v) is 4.47. The molecular formula is C10H11F4N. The zero-order valence-electron chi connectivity index (χ0n) is 7.89. The maximum atomic E-state index is 13.3. The van der Waals surface area contributed by atoms with Crippen LogP contribution in [-0.2, 0) is 6.18 Å². The SMILES string of the molecule is NCCC(F)c1ccccc1C(F)(F)F. The molecule has 15 heavy (non-hydrogen) atoms. The van der Waals surface area contributed by atoms with Crippen LogP contribution in [0.1, 0.15) is 23.7 Å². The molecular weight excluding hydrogens is 210 g/mol. The largest absolute Gasteiger partial charge is 0.416 e. The minimum Gasteiger partial charge on any atom is -0.330 e. The van der Waals surface area contributed by atoms with Crippen LogP contribution in [0.2, 0.25) is 0 Å². The Morgan fingerprint density at radius 2 is 1.80 bits per heavy atom. The lowest BCUT2D eigenvalue weighted by Crippen LogP contribution is -2.12. The van der Waals surface area contributed by atoms with Gasteiger partial charge in [0.15, 0.2) is 0 Å². The van der Waals surface area contributed by atoms with Crippen molar-refractivity contribution in [1.82, 2.24) is 0 Å². The standard InChI is InChI=1S/C10H11F4N/c11-9(5-6-15)7-3-1-2-4-8(7)10(12,13)14/h1-4,9H,5-6,15H2. The normalized spacial score (nSPS) is 13.9. The van der Waals surface area contributed by atoms with Crippen molar-refractivity contribution in [3.05, 3.63) is 35.4 Å². The first-order valence-electron chi connectivity index (χ1n) is 4.47. The van der Waals surface area contributed by atoms with E-state index in [1.807, 2.05) is 0 Å². The molecule has 2 N–H and O–H groups in total. The number of rotatable bonds is 3. The van der Waals surface area contributed by atoms with Crippen LogP contribution in [0, 0.1) is 0 Å². The van der Waals surface area contributed by atoms with Crippen LogP contribution in [0.3, 0.4) is 0 Å². The van der Waals surface area contributed by atoms with Gasteiger partial charge in [-0.05, 0) is 24.6 Å². The molecule has 0 saturated heterocycles. The van der Waals surface area contributed by atoms with Crippen molar-refractivity contribution in [3.63, 3.8) is 0 Å². The van der Waals surface area contributed by atoms with E-state index in [2.05, 4.69) is 0 Å². The van der Waals surface area contributed by atoms with Gasteiger partial charge in [0.2, 0.25) is 0 Å². The number of hydrogen-bond donors (Lipinski definition) is 1. The zero-order chi connectivity index (χ0) is 11.5. The smallest absolute Gasteiger partial charge is 0.330 e. The van der Waals surface area contributed by atoms with Gasteiger partial charge in [-0.3, -0.25) is 0 Å². The molecule has 1 rings (SSSR count). The van der Waals surface area contributed by atoms with E-state index in [0.29, 0.717) is 0 Å². The molecule has 0 fully saturated rings. The van der Waals surface area contributed by atoms with E-state index in [0.717, 1.165) is 12.1 Å². The summed E-state index contributed by atoms with van der Waals surface area (Å²) in [5.41, 5.74) is 3.84. The molecule has 0 aliphatic rings. The van der Waals surface area contributed by atoms with Gasteiger partial charge in [0.25, 0.3) is 0 Å². The van der Waals surface area contributed by atoms with Gasteiger partial charge in [-0.1, -0.05) is 18.2 Å². The first kappa shape index (κ1) is 12.0. The van der Waals surface area contributed by atoms with E-state index in [1.54, 1.807) is 0 Å². The number of alkyl halides is 4. The molecule has 1 aromatic rings. The number of nitrogens with two attached hydrogens (primary N) is 1. The second kappa shape index (κ2) is 4.61. The van der Waals surface area contributed by atoms with Crippen molar-refractivity contribution in [3.8, 4) is 0 Å². The monoisotopic (exact) mass is 221 g/mol. The first-order chi connectivity index (χ1) is 6.96. The molecule has 1 nitrogen and oxygen atoms in total. The number of halogens is 4. The summed E-state index contributed by atoms with van der Waals surface area (Å²) in [6, 6.07) is 4.64. The van der Waals surface area contributed by atoms with E-state index < -0.39 is 17.9 Å². The van der Waals surface area contributed by atoms with Crippen molar-refractivity contribution < 1.29 is 17.6 Å². The molecule has 0 aliphatic heterocycles. The van der Waals surface area contributed by atoms with Gasteiger partial charge in [-0.2, -0.15) is 13.2 Å². The fraction of sp³-hybridized carbons (Fsp3) is 0.400. The van der Waals surface area contributed by atoms with Gasteiger partial charge in [-0.15, -0.1) is 0 Å². The molecule has 0 heterocycles. The average molecular weight is 221 g/mol. The predicted molar refractivity (Wildman–Crippen MR) is 49.0 cm³/mol. The van der Waals surface area contributed by atoms with E-state index in [9.17, 15) is 17.6 Å². The summed E-state index contributed by atoms with van der Waals surface area (Å²) in [6.45, 7) is 0.0212. The van der Waals surface area contributed by atoms with Crippen LogP contribution in [0.15, 0.2) is 24.3 Å². The third-order valence-electron chi connectivity index (χ3n) is 2.02. The Hall–Kier alpha value is -1.10. The third-order valence-corrected chi connectivity index (χ3v) is 2.02. The molecule has 0 amide bonds. The van der Waals surface area contributed by atoms with Crippen molar-refractivity contribution in [1.29, 1.82) is 0 Å². The van der Waals surface area contributed by atoms with E-state index in [-0.39, 0.29) is 18.5 Å². The number of hydrogen-bond acceptors (Lipinski definition) is 1. The lowest BCUT2D eigenvalue weighted by Gasteiger charge is -2.15. The summed E-state index contributed by atoms with van der Waals surface area (Å²) in [5, 5.41) is 0. The molecule has 5 heteroatoms. The highest BCUT2D eigenvalue weighted by Gasteiger charge is 2.34. The summed E-state index contributed by atoms with van der Waals surface area (Å²) < 4.78 is 50.7. The summed E-state index contributed by atoms with van der Waals surface area (Å²) >= 11 is 0. The Morgan fingerprint density at radius 3 is 2.33 bits per heavy atom. The lowest BCUT2D eigenvalue weighted by molar-refractivity contribution is -0.138. The summed E-state index contributed by atoms with van der Waals surface area (Å²) in [7, 11) is 0. The topological polar surface area (TPSA) is 26.0 Å². The summed E-state index contributed by atoms with van der Waals surface area (Å²) in [6.07, 6.45) is -6.28. The molecule has 1 aromatic carbocycles. The van der Waals surface area contributed by atoms with Crippen LogP contribution < -0.4 is 5.73 Å². The highest BCUT2D eigenvalue weighted by atomic mass is 19.4. The fourth-order valence-corrected chi connectivity index (χ4v) is 1.33. The molecule has 0 aromatic heterocycles. The molecule has 0 saturated carbocycles. The van der Waals surface area contributed by atoms with Crippen molar-refractivity contribution in [2.24, 2.45) is 5.73 Å². The molecule has 0 aliphatic carbocycles. The van der Waals surface area contributed by atoms with Gasteiger partial charge >= 0.3 is 6.18 Å². The van der Waals surface area contributed by atoms with Gasteiger partial charge < -0.3 is 5.73 Å². The van der Waals surface area contributed by atoms with Gasteiger partial charge in [0, 0.05) is 0 Å². The van der Waals surface area contributed by atoms with Crippen LogP contribution >= 0.6 is 0 Å². The van der Waals surface area contributed by atoms with Gasteiger partial charge in [-0.25, -0.2) is 4.39 Å². The zero-order valence-corrected chi connectivity index (χ0v) is 7.89. The highest BCUT2D eigenvalue weighted by molar-refractivity contribution is 5.31. The number of benzene rings is 1. The Labute approximate surface area is 84.9 Å². The van der Waals surface area contributed by atoms with Crippen molar-refractivity contribution in [2.45, 2.75) is 18.8 Å². The van der Waals surface area contributed by atoms with E-state index >= 15 is 0 Å². The Bertz CT molecular complexity index is 321. The van der Waals surface area contributed by atoms with E-state index in [1.165, 1.54) is 12.1 Å². The van der Waals surface area contributed by atoms with E-state index in [4.69, 9.17) is 5.73 Å². The second-order valence-corrected chi connectivity index (χ2v) is 3.13. The van der Waals surface area contributed by atoms with Gasteiger partial charge in [0.1, 0.15) is 6.17 Å². The highest BCUT2D eigenvalue weighted by Crippen LogP contribution is 2.36. The molecule has 1 unspecified atom stereocenters. The molecule has 84 valence electrons. The molecule has 1 atom stereocenters. The fourth-order valence-electron chi connectivity index (χ4n) is 1.33. The lowest BCUT2D eigenvalue weighted by atomic mass is 10.0. The van der Waals surface area contributed by atoms with Crippen LogP contribution in [0.4, 0.5) is 17.6 Å². The minimum absolute atomic E-state index is 0.0212. The van der Waals surface area contributed by atoms with Crippen molar-refractivity contribution in [2.75, 3.05) is 6.54 Å². The summed E-state index contributed by atoms with van der Waals surface area (Å²) in [5.74, 6) is 0. The van der Waals surface area contributed by atoms with Crippen LogP contribution in [0.25, 0.3) is 0 Å². The van der Waals surface area contributed by atoms with Crippen LogP contribution in [-0.4, -0.2) is 6.54 Å². The second-order valence-electron chi connectivity index (χ2n) is 3.13. The molecule has 0 spiro atoms. The van der Waals surface area contributed by atoms with Crippen molar-refractivity contribution >= 4 is 0 Å². The maximum Gasteiger partial charge on any atom is 0.416 e. The Morgan fingerprint density at radius 1 is 1.20 bits per heavy atom. The Kier molecular flexibility index (Phi) is 3.68. The minimum atomic E-state index is -4.52. The average Bonchev–Trinajstić information content (AvgIpc) is 2.17. The van der Waals surface area contributed by atoms with Gasteiger partial charge in [0.05, 0.1) is 5.56 Å².